The molecule has 0 atom stereocenters. The first-order valence-electron chi connectivity index (χ1n) is 10.3. The van der Waals surface area contributed by atoms with Crippen molar-refractivity contribution in [3.8, 4) is 5.75 Å². The molecule has 0 saturated carbocycles. The topological polar surface area (TPSA) is 109 Å². The molecule has 0 saturated heterocycles. The second-order valence-electron chi connectivity index (χ2n) is 6.86. The Balaban J connectivity index is 1.53. The lowest BCUT2D eigenvalue weighted by molar-refractivity contribution is 0.0953. The number of sulfonamides is 1. The maximum Gasteiger partial charge on any atom is 0.261 e. The normalized spacial score (nSPS) is 10.9. The number of carbonyl (C=O) groups is 1. The van der Waals surface area contributed by atoms with Gasteiger partial charge < -0.3 is 15.4 Å². The summed E-state index contributed by atoms with van der Waals surface area (Å²) < 4.78 is 33.1. The third-order valence-electron chi connectivity index (χ3n) is 4.47. The first-order valence-corrected chi connectivity index (χ1v) is 11.7. The SMILES string of the molecule is CCOc1ccc(S(=O)(=O)Nc2cccc(C(=O)NCCCNc3ccncc3)c2)cc1. The van der Waals surface area contributed by atoms with Crippen LogP contribution in [0.3, 0.4) is 0 Å². The monoisotopic (exact) mass is 454 g/mol. The smallest absolute Gasteiger partial charge is 0.261 e. The van der Waals surface area contributed by atoms with Crippen LogP contribution in [-0.4, -0.2) is 39.0 Å². The highest BCUT2D eigenvalue weighted by Crippen LogP contribution is 2.20. The van der Waals surface area contributed by atoms with Gasteiger partial charge in [0.1, 0.15) is 5.75 Å². The molecule has 1 heterocycles. The number of hydrogen-bond acceptors (Lipinski definition) is 6. The Morgan fingerprint density at radius 1 is 0.969 bits per heavy atom. The average molecular weight is 455 g/mol. The summed E-state index contributed by atoms with van der Waals surface area (Å²) in [5, 5.41) is 6.09. The van der Waals surface area contributed by atoms with Gasteiger partial charge in [-0.1, -0.05) is 6.07 Å². The fraction of sp³-hybridized carbons (Fsp3) is 0.217. The van der Waals surface area contributed by atoms with Crippen molar-refractivity contribution < 1.29 is 17.9 Å². The molecule has 3 aromatic rings. The molecule has 8 nitrogen and oxygen atoms in total. The van der Waals surface area contributed by atoms with E-state index in [1.807, 2.05) is 19.1 Å². The Morgan fingerprint density at radius 2 is 1.72 bits per heavy atom. The van der Waals surface area contributed by atoms with Crippen LogP contribution >= 0.6 is 0 Å². The van der Waals surface area contributed by atoms with E-state index in [2.05, 4.69) is 20.3 Å². The van der Waals surface area contributed by atoms with E-state index in [0.717, 1.165) is 12.1 Å². The first kappa shape index (κ1) is 23.1. The van der Waals surface area contributed by atoms with Gasteiger partial charge in [0.15, 0.2) is 0 Å². The van der Waals surface area contributed by atoms with Crippen molar-refractivity contribution in [2.75, 3.05) is 29.7 Å². The third-order valence-corrected chi connectivity index (χ3v) is 5.87. The van der Waals surface area contributed by atoms with Gasteiger partial charge in [0.25, 0.3) is 15.9 Å². The summed E-state index contributed by atoms with van der Waals surface area (Å²) in [6.45, 7) is 3.54. The number of hydrogen-bond donors (Lipinski definition) is 3. The maximum atomic E-state index is 12.6. The van der Waals surface area contributed by atoms with E-state index in [9.17, 15) is 13.2 Å². The van der Waals surface area contributed by atoms with Crippen molar-refractivity contribution in [3.05, 3.63) is 78.6 Å². The summed E-state index contributed by atoms with van der Waals surface area (Å²) in [7, 11) is -3.79. The Kier molecular flexibility index (Phi) is 8.04. The van der Waals surface area contributed by atoms with Gasteiger partial charge >= 0.3 is 0 Å². The predicted molar refractivity (Wildman–Crippen MR) is 125 cm³/mol. The van der Waals surface area contributed by atoms with E-state index >= 15 is 0 Å². The molecule has 3 N–H and O–H groups in total. The Morgan fingerprint density at radius 3 is 2.44 bits per heavy atom. The molecule has 168 valence electrons. The number of amides is 1. The number of pyridine rings is 1. The number of rotatable bonds is 11. The van der Waals surface area contributed by atoms with E-state index < -0.39 is 10.0 Å². The van der Waals surface area contributed by atoms with Crippen LogP contribution < -0.4 is 20.1 Å². The van der Waals surface area contributed by atoms with Gasteiger partial charge in [-0.3, -0.25) is 14.5 Å². The number of ether oxygens (including phenoxy) is 1. The van der Waals surface area contributed by atoms with Crippen molar-refractivity contribution >= 4 is 27.3 Å². The van der Waals surface area contributed by atoms with Crippen LogP contribution in [0.25, 0.3) is 0 Å². The van der Waals surface area contributed by atoms with Crippen LogP contribution in [-0.2, 0) is 10.0 Å². The van der Waals surface area contributed by atoms with E-state index in [1.165, 1.54) is 18.2 Å². The van der Waals surface area contributed by atoms with Crippen LogP contribution in [0.5, 0.6) is 5.75 Å². The van der Waals surface area contributed by atoms with Crippen LogP contribution in [0, 0.1) is 0 Å². The molecule has 0 aliphatic rings. The zero-order chi connectivity index (χ0) is 22.8. The van der Waals surface area contributed by atoms with Crippen LogP contribution in [0.1, 0.15) is 23.7 Å². The first-order chi connectivity index (χ1) is 15.5. The third kappa shape index (κ3) is 6.71. The molecule has 32 heavy (non-hydrogen) atoms. The van der Waals surface area contributed by atoms with E-state index in [1.54, 1.807) is 42.7 Å². The number of aromatic nitrogens is 1. The Bertz CT molecular complexity index is 1120. The standard InChI is InChI=1S/C23H26N4O4S/c1-2-31-21-7-9-22(10-8-21)32(29,30)27-20-6-3-5-18(17-20)23(28)26-14-4-13-25-19-11-15-24-16-12-19/h3,5-12,15-17,27H,2,4,13-14H2,1H3,(H,24,25)(H,26,28). The minimum Gasteiger partial charge on any atom is -0.494 e. The van der Waals surface area contributed by atoms with Gasteiger partial charge in [-0.2, -0.15) is 0 Å². The molecule has 1 amide bonds. The van der Waals surface area contributed by atoms with Crippen molar-refractivity contribution in [1.82, 2.24) is 10.3 Å². The molecule has 0 fully saturated rings. The second-order valence-corrected chi connectivity index (χ2v) is 8.55. The van der Waals surface area contributed by atoms with Crippen molar-refractivity contribution in [3.63, 3.8) is 0 Å². The lowest BCUT2D eigenvalue weighted by atomic mass is 10.2. The van der Waals surface area contributed by atoms with E-state index in [-0.39, 0.29) is 10.8 Å². The zero-order valence-electron chi connectivity index (χ0n) is 17.7. The summed E-state index contributed by atoms with van der Waals surface area (Å²) in [4.78, 5) is 16.5. The highest BCUT2D eigenvalue weighted by Gasteiger charge is 2.15. The predicted octanol–water partition coefficient (Wildman–Crippen LogP) is 3.51. The number of carbonyl (C=O) groups excluding carboxylic acids is 1. The van der Waals surface area contributed by atoms with Gasteiger partial charge in [-0.25, -0.2) is 8.42 Å². The molecule has 0 radical (unpaired) electrons. The quantitative estimate of drug-likeness (QED) is 0.383. The lowest BCUT2D eigenvalue weighted by Gasteiger charge is -2.11. The summed E-state index contributed by atoms with van der Waals surface area (Å²) in [6.07, 6.45) is 4.15. The Hall–Kier alpha value is -3.59. The van der Waals surface area contributed by atoms with Crippen molar-refractivity contribution in [1.29, 1.82) is 0 Å². The van der Waals surface area contributed by atoms with Crippen LogP contribution in [0.2, 0.25) is 0 Å². The number of anilines is 2. The summed E-state index contributed by atoms with van der Waals surface area (Å²) in [6, 6.07) is 16.3. The molecule has 0 spiro atoms. The number of nitrogens with zero attached hydrogens (tertiary/aromatic N) is 1. The van der Waals surface area contributed by atoms with E-state index in [4.69, 9.17) is 4.74 Å². The number of benzene rings is 2. The minimum atomic E-state index is -3.79. The molecule has 2 aromatic carbocycles. The molecule has 9 heteroatoms. The van der Waals surface area contributed by atoms with Crippen LogP contribution in [0.15, 0.2) is 78.0 Å². The molecular weight excluding hydrogens is 428 g/mol. The maximum absolute atomic E-state index is 12.6. The molecule has 0 unspecified atom stereocenters. The summed E-state index contributed by atoms with van der Waals surface area (Å²) in [5.41, 5.74) is 1.66. The summed E-state index contributed by atoms with van der Waals surface area (Å²) >= 11 is 0. The largest absolute Gasteiger partial charge is 0.494 e. The minimum absolute atomic E-state index is 0.109. The highest BCUT2D eigenvalue weighted by atomic mass is 32.2. The van der Waals surface area contributed by atoms with Gasteiger partial charge in [0.2, 0.25) is 0 Å². The van der Waals surface area contributed by atoms with E-state index in [0.29, 0.717) is 36.7 Å². The van der Waals surface area contributed by atoms with Crippen molar-refractivity contribution in [2.24, 2.45) is 0 Å². The fourth-order valence-electron chi connectivity index (χ4n) is 2.91. The van der Waals surface area contributed by atoms with Gasteiger partial charge in [0, 0.05) is 42.4 Å². The van der Waals surface area contributed by atoms with Crippen LogP contribution in [0.4, 0.5) is 11.4 Å². The lowest BCUT2D eigenvalue weighted by Crippen LogP contribution is -2.26. The number of nitrogens with one attached hydrogen (secondary N) is 3. The molecule has 0 aliphatic heterocycles. The molecule has 0 bridgehead atoms. The Labute approximate surface area is 188 Å². The average Bonchev–Trinajstić information content (AvgIpc) is 2.80. The second kappa shape index (κ2) is 11.1. The molecule has 0 aliphatic carbocycles. The molecule has 3 rings (SSSR count). The fourth-order valence-corrected chi connectivity index (χ4v) is 3.96. The van der Waals surface area contributed by atoms with Gasteiger partial charge in [0.05, 0.1) is 11.5 Å². The van der Waals surface area contributed by atoms with Crippen molar-refractivity contribution in [2.45, 2.75) is 18.2 Å². The summed E-state index contributed by atoms with van der Waals surface area (Å²) in [5.74, 6) is 0.331. The molecular formula is C23H26N4O4S. The zero-order valence-corrected chi connectivity index (χ0v) is 18.6. The van der Waals surface area contributed by atoms with Gasteiger partial charge in [-0.15, -0.1) is 0 Å². The molecule has 1 aromatic heterocycles. The van der Waals surface area contributed by atoms with Gasteiger partial charge in [-0.05, 0) is 67.9 Å². The highest BCUT2D eigenvalue weighted by molar-refractivity contribution is 7.92.